The summed E-state index contributed by atoms with van der Waals surface area (Å²) in [5.41, 5.74) is 6.70. The minimum Gasteiger partial charge on any atom is -0.507 e. The Labute approximate surface area is 176 Å². The van der Waals surface area contributed by atoms with E-state index in [1.54, 1.807) is 13.0 Å². The predicted octanol–water partition coefficient (Wildman–Crippen LogP) is 2.48. The Morgan fingerprint density at radius 1 is 1.13 bits per heavy atom. The third-order valence-corrected chi connectivity index (χ3v) is 5.71. The molecule has 0 aliphatic heterocycles. The number of aliphatic hydroxyl groups is 1. The van der Waals surface area contributed by atoms with Gasteiger partial charge in [-0.25, -0.2) is 0 Å². The van der Waals surface area contributed by atoms with Gasteiger partial charge < -0.3 is 26.2 Å². The van der Waals surface area contributed by atoms with Crippen LogP contribution in [0.15, 0.2) is 48.5 Å². The summed E-state index contributed by atoms with van der Waals surface area (Å²) in [7, 11) is 0. The van der Waals surface area contributed by atoms with Crippen molar-refractivity contribution in [1.29, 1.82) is 0 Å². The molecule has 7 heteroatoms. The van der Waals surface area contributed by atoms with Gasteiger partial charge in [0.2, 0.25) is 5.91 Å². The first-order valence-corrected chi connectivity index (χ1v) is 10.3. The third-order valence-electron chi connectivity index (χ3n) is 5.71. The van der Waals surface area contributed by atoms with Gasteiger partial charge >= 0.3 is 0 Å². The van der Waals surface area contributed by atoms with Crippen molar-refractivity contribution in [3.8, 4) is 5.75 Å². The lowest BCUT2D eigenvalue weighted by atomic mass is 9.89. The molecule has 2 aromatic carbocycles. The highest BCUT2D eigenvalue weighted by Gasteiger charge is 2.28. The second-order valence-electron chi connectivity index (χ2n) is 7.79. The Balaban J connectivity index is 1.54. The molecule has 0 bridgehead atoms. The number of primary amides is 1. The fraction of sp³-hybridized carbons (Fsp3) is 0.391. The summed E-state index contributed by atoms with van der Waals surface area (Å²) in [6, 6.07) is 14.5. The van der Waals surface area contributed by atoms with Crippen LogP contribution < -0.4 is 16.0 Å². The summed E-state index contributed by atoms with van der Waals surface area (Å²) < 4.78 is 0. The lowest BCUT2D eigenvalue weighted by molar-refractivity contribution is -0.117. The second-order valence-corrected chi connectivity index (χ2v) is 7.79. The first-order chi connectivity index (χ1) is 14.4. The van der Waals surface area contributed by atoms with E-state index in [9.17, 15) is 19.8 Å². The number of nitrogens with zero attached hydrogens (tertiary/aromatic N) is 1. The molecule has 0 heterocycles. The van der Waals surface area contributed by atoms with Gasteiger partial charge in [0.15, 0.2) is 0 Å². The average Bonchev–Trinajstić information content (AvgIpc) is 2.73. The van der Waals surface area contributed by atoms with Crippen molar-refractivity contribution >= 4 is 17.5 Å². The molecule has 160 valence electrons. The predicted molar refractivity (Wildman–Crippen MR) is 115 cm³/mol. The van der Waals surface area contributed by atoms with Gasteiger partial charge in [0.05, 0.1) is 11.7 Å². The number of para-hydroxylation sites is 1. The summed E-state index contributed by atoms with van der Waals surface area (Å²) in [6.07, 6.45) is 2.74. The van der Waals surface area contributed by atoms with E-state index < -0.39 is 12.0 Å². The van der Waals surface area contributed by atoms with E-state index in [-0.39, 0.29) is 29.3 Å². The quantitative estimate of drug-likeness (QED) is 0.559. The zero-order valence-corrected chi connectivity index (χ0v) is 17.1. The second kappa shape index (κ2) is 9.73. The summed E-state index contributed by atoms with van der Waals surface area (Å²) >= 11 is 0. The van der Waals surface area contributed by atoms with Crippen molar-refractivity contribution < 1.29 is 19.8 Å². The number of carbonyl (C=O) groups excluding carboxylic acids is 2. The number of rotatable bonds is 7. The number of nitrogens with two attached hydrogens (primary N) is 1. The van der Waals surface area contributed by atoms with Gasteiger partial charge in [-0.2, -0.15) is 0 Å². The number of carbonyl (C=O) groups is 2. The minimum absolute atomic E-state index is 0.00251. The SMILES string of the molecule is CC(=O)N(c1ccccc1)[C@H]1CC[C@@H](NCC(O)c2ccc(O)c(C(N)=O)c2)CC1. The molecule has 0 spiro atoms. The molecule has 0 saturated heterocycles. The zero-order chi connectivity index (χ0) is 21.7. The molecule has 1 fully saturated rings. The van der Waals surface area contributed by atoms with Crippen LogP contribution in [0.2, 0.25) is 0 Å². The van der Waals surface area contributed by atoms with Crippen LogP contribution in [0.5, 0.6) is 5.75 Å². The molecule has 30 heavy (non-hydrogen) atoms. The normalized spacial score (nSPS) is 19.8. The molecule has 0 radical (unpaired) electrons. The third kappa shape index (κ3) is 5.17. The van der Waals surface area contributed by atoms with Gasteiger partial charge in [-0.15, -0.1) is 0 Å². The van der Waals surface area contributed by atoms with E-state index in [2.05, 4.69) is 5.32 Å². The van der Waals surface area contributed by atoms with Crippen LogP contribution in [0.1, 0.15) is 54.6 Å². The Morgan fingerprint density at radius 3 is 2.40 bits per heavy atom. The van der Waals surface area contributed by atoms with E-state index in [1.807, 2.05) is 35.2 Å². The standard InChI is InChI=1S/C23H29N3O4/c1-15(27)26(18-5-3-2-4-6-18)19-10-8-17(9-11-19)25-14-22(29)16-7-12-21(28)20(13-16)23(24)30/h2-7,12-13,17,19,22,25,28-29H,8-11,14H2,1H3,(H2,24,30)/t17-,19+,22?. The number of aliphatic hydroxyl groups excluding tert-OH is 1. The van der Waals surface area contributed by atoms with Crippen molar-refractivity contribution in [2.75, 3.05) is 11.4 Å². The molecule has 1 unspecified atom stereocenters. The molecule has 3 rings (SSSR count). The van der Waals surface area contributed by atoms with Crippen molar-refractivity contribution in [2.45, 2.75) is 50.8 Å². The van der Waals surface area contributed by atoms with Gasteiger partial charge in [-0.05, 0) is 55.5 Å². The lowest BCUT2D eigenvalue weighted by Crippen LogP contribution is -2.45. The summed E-state index contributed by atoms with van der Waals surface area (Å²) in [5, 5.41) is 23.5. The Hall–Kier alpha value is -2.90. The highest BCUT2D eigenvalue weighted by atomic mass is 16.3. The van der Waals surface area contributed by atoms with Crippen LogP contribution in [0.3, 0.4) is 0 Å². The molecular formula is C23H29N3O4. The van der Waals surface area contributed by atoms with Crippen molar-refractivity contribution in [2.24, 2.45) is 5.73 Å². The van der Waals surface area contributed by atoms with Gasteiger partial charge in [-0.3, -0.25) is 9.59 Å². The first-order valence-electron chi connectivity index (χ1n) is 10.3. The number of anilines is 1. The maximum Gasteiger partial charge on any atom is 0.252 e. The molecule has 7 nitrogen and oxygen atoms in total. The minimum atomic E-state index is -0.820. The number of nitrogens with one attached hydrogen (secondary N) is 1. The summed E-state index contributed by atoms with van der Waals surface area (Å²) in [6.45, 7) is 1.93. The molecule has 0 aromatic heterocycles. The Morgan fingerprint density at radius 2 is 1.80 bits per heavy atom. The van der Waals surface area contributed by atoms with Crippen LogP contribution in [0.4, 0.5) is 5.69 Å². The number of aromatic hydroxyl groups is 1. The van der Waals surface area contributed by atoms with E-state index in [1.165, 1.54) is 12.1 Å². The highest BCUT2D eigenvalue weighted by Crippen LogP contribution is 2.28. The molecule has 1 atom stereocenters. The van der Waals surface area contributed by atoms with Gasteiger partial charge in [0, 0.05) is 31.2 Å². The number of benzene rings is 2. The Kier molecular flexibility index (Phi) is 7.07. The fourth-order valence-electron chi connectivity index (χ4n) is 4.13. The van der Waals surface area contributed by atoms with Gasteiger partial charge in [-0.1, -0.05) is 24.3 Å². The van der Waals surface area contributed by atoms with E-state index in [0.717, 1.165) is 31.4 Å². The Bertz CT molecular complexity index is 879. The maximum atomic E-state index is 12.2. The van der Waals surface area contributed by atoms with Crippen LogP contribution >= 0.6 is 0 Å². The number of amides is 2. The maximum absolute atomic E-state index is 12.2. The van der Waals surface area contributed by atoms with Gasteiger partial charge in [0.1, 0.15) is 5.75 Å². The van der Waals surface area contributed by atoms with Crippen LogP contribution in [-0.2, 0) is 4.79 Å². The van der Waals surface area contributed by atoms with E-state index in [0.29, 0.717) is 12.1 Å². The van der Waals surface area contributed by atoms with E-state index in [4.69, 9.17) is 5.73 Å². The largest absolute Gasteiger partial charge is 0.507 e. The van der Waals surface area contributed by atoms with Crippen molar-refractivity contribution in [3.63, 3.8) is 0 Å². The molecular weight excluding hydrogens is 382 g/mol. The number of hydrogen-bond acceptors (Lipinski definition) is 5. The van der Waals surface area contributed by atoms with Crippen molar-refractivity contribution in [1.82, 2.24) is 5.32 Å². The fourth-order valence-corrected chi connectivity index (χ4v) is 4.13. The van der Waals surface area contributed by atoms with E-state index >= 15 is 0 Å². The number of hydrogen-bond donors (Lipinski definition) is 4. The first kappa shape index (κ1) is 21.8. The smallest absolute Gasteiger partial charge is 0.252 e. The monoisotopic (exact) mass is 411 g/mol. The topological polar surface area (TPSA) is 116 Å². The van der Waals surface area contributed by atoms with Crippen LogP contribution in [0, 0.1) is 0 Å². The van der Waals surface area contributed by atoms with Crippen LogP contribution in [-0.4, -0.2) is 40.7 Å². The van der Waals surface area contributed by atoms with Crippen molar-refractivity contribution in [3.05, 3.63) is 59.7 Å². The molecule has 1 saturated carbocycles. The molecule has 2 amide bonds. The molecule has 1 aliphatic rings. The number of phenols is 1. The summed E-state index contributed by atoms with van der Waals surface area (Å²) in [4.78, 5) is 25.5. The zero-order valence-electron chi connectivity index (χ0n) is 17.1. The molecule has 1 aliphatic carbocycles. The average molecular weight is 412 g/mol. The van der Waals surface area contributed by atoms with Gasteiger partial charge in [0.25, 0.3) is 5.91 Å². The lowest BCUT2D eigenvalue weighted by Gasteiger charge is -2.37. The van der Waals surface area contributed by atoms with Crippen LogP contribution in [0.25, 0.3) is 0 Å². The molecule has 2 aromatic rings. The summed E-state index contributed by atoms with van der Waals surface area (Å²) in [5.74, 6) is -0.884. The highest BCUT2D eigenvalue weighted by molar-refractivity contribution is 5.95. The molecule has 5 N–H and O–H groups in total.